The van der Waals surface area contributed by atoms with Crippen molar-refractivity contribution in [3.05, 3.63) is 23.5 Å². The molecule has 0 spiro atoms. The van der Waals surface area contributed by atoms with Crippen molar-refractivity contribution >= 4 is 29.1 Å². The van der Waals surface area contributed by atoms with Crippen LogP contribution < -0.4 is 22.1 Å². The molecule has 1 aliphatic heterocycles. The minimum atomic E-state index is -0.797. The molecule has 106 valence electrons. The van der Waals surface area contributed by atoms with Crippen LogP contribution in [0.4, 0.5) is 15.8 Å². The number of nitrogens with one attached hydrogen (secondary N) is 2. The molecule has 1 unspecified atom stereocenters. The normalized spacial score (nSPS) is 18.6. The van der Waals surface area contributed by atoms with Gasteiger partial charge in [-0.2, -0.15) is 0 Å². The predicted molar refractivity (Wildman–Crippen MR) is 69.1 cm³/mol. The smallest absolute Gasteiger partial charge is 0.250 e. The van der Waals surface area contributed by atoms with Gasteiger partial charge in [0.1, 0.15) is 11.9 Å². The predicted octanol–water partition coefficient (Wildman–Crippen LogP) is -0.276. The van der Waals surface area contributed by atoms with E-state index in [1.54, 1.807) is 0 Å². The second-order valence-corrected chi connectivity index (χ2v) is 4.43. The Morgan fingerprint density at radius 2 is 2.10 bits per heavy atom. The first-order valence-electron chi connectivity index (χ1n) is 5.87. The molecule has 0 bridgehead atoms. The highest BCUT2D eigenvalue weighted by Crippen LogP contribution is 2.23. The molecule has 1 fully saturated rings. The second-order valence-electron chi connectivity index (χ2n) is 4.43. The summed E-state index contributed by atoms with van der Waals surface area (Å²) in [5.74, 6) is -2.42. The maximum absolute atomic E-state index is 13.8. The van der Waals surface area contributed by atoms with E-state index in [1.165, 1.54) is 0 Å². The van der Waals surface area contributed by atoms with Gasteiger partial charge in [-0.3, -0.25) is 19.7 Å². The van der Waals surface area contributed by atoms with Gasteiger partial charge in [-0.15, -0.1) is 0 Å². The summed E-state index contributed by atoms with van der Waals surface area (Å²) in [6.07, 6.45) is 0.392. The standard InChI is InChI=1S/C12H13FN4O3/c13-6-4-7(14)5(11(15)19)3-9(6)16-8-1-2-10(18)17-12(8)20/h3-4,8,16H,1-2,14H2,(H2,15,19)(H,17,18,20). The number of carbonyl (C=O) groups excluding carboxylic acids is 3. The van der Waals surface area contributed by atoms with Crippen LogP contribution in [0.1, 0.15) is 23.2 Å². The first-order chi connectivity index (χ1) is 9.38. The lowest BCUT2D eigenvalue weighted by Crippen LogP contribution is -2.47. The van der Waals surface area contributed by atoms with E-state index in [-0.39, 0.29) is 35.7 Å². The summed E-state index contributed by atoms with van der Waals surface area (Å²) in [7, 11) is 0. The molecule has 1 aliphatic rings. The van der Waals surface area contributed by atoms with Crippen LogP contribution >= 0.6 is 0 Å². The highest BCUT2D eigenvalue weighted by Gasteiger charge is 2.27. The average Bonchev–Trinajstić information content (AvgIpc) is 2.35. The van der Waals surface area contributed by atoms with Crippen molar-refractivity contribution in [3.8, 4) is 0 Å². The molecule has 0 saturated carbocycles. The molecule has 2 rings (SSSR count). The fourth-order valence-electron chi connectivity index (χ4n) is 1.93. The number of anilines is 2. The number of carbonyl (C=O) groups is 3. The van der Waals surface area contributed by atoms with Gasteiger partial charge < -0.3 is 16.8 Å². The number of benzene rings is 1. The van der Waals surface area contributed by atoms with E-state index in [2.05, 4.69) is 10.6 Å². The maximum Gasteiger partial charge on any atom is 0.250 e. The minimum absolute atomic E-state index is 0.0406. The number of amides is 3. The first-order valence-corrected chi connectivity index (χ1v) is 5.87. The Morgan fingerprint density at radius 1 is 1.40 bits per heavy atom. The van der Waals surface area contributed by atoms with E-state index in [9.17, 15) is 18.8 Å². The van der Waals surface area contributed by atoms with Crippen LogP contribution in [0.3, 0.4) is 0 Å². The summed E-state index contributed by atoms with van der Waals surface area (Å²) >= 11 is 0. The van der Waals surface area contributed by atoms with Crippen molar-refractivity contribution in [3.63, 3.8) is 0 Å². The molecule has 1 aromatic carbocycles. The topological polar surface area (TPSA) is 127 Å². The van der Waals surface area contributed by atoms with Gasteiger partial charge in [0.15, 0.2) is 0 Å². The molecule has 1 saturated heterocycles. The number of nitrogen functional groups attached to an aromatic ring is 1. The zero-order valence-corrected chi connectivity index (χ0v) is 10.4. The van der Waals surface area contributed by atoms with Gasteiger partial charge in [0.2, 0.25) is 11.8 Å². The van der Waals surface area contributed by atoms with Gasteiger partial charge in [0.25, 0.3) is 5.91 Å². The van der Waals surface area contributed by atoms with Gasteiger partial charge in [0, 0.05) is 12.1 Å². The monoisotopic (exact) mass is 280 g/mol. The number of rotatable bonds is 3. The Balaban J connectivity index is 2.25. The Hall–Kier alpha value is -2.64. The fourth-order valence-corrected chi connectivity index (χ4v) is 1.93. The highest BCUT2D eigenvalue weighted by atomic mass is 19.1. The van der Waals surface area contributed by atoms with Crippen molar-refractivity contribution in [1.29, 1.82) is 0 Å². The van der Waals surface area contributed by atoms with E-state index in [0.29, 0.717) is 0 Å². The molecule has 1 atom stereocenters. The fraction of sp³-hybridized carbons (Fsp3) is 0.250. The molecule has 8 heteroatoms. The molecular weight excluding hydrogens is 267 g/mol. The van der Waals surface area contributed by atoms with Crippen LogP contribution in [-0.4, -0.2) is 23.8 Å². The van der Waals surface area contributed by atoms with Crippen molar-refractivity contribution in [2.24, 2.45) is 5.73 Å². The van der Waals surface area contributed by atoms with E-state index in [0.717, 1.165) is 12.1 Å². The molecular formula is C12H13FN4O3. The van der Waals surface area contributed by atoms with E-state index in [4.69, 9.17) is 11.5 Å². The molecule has 1 heterocycles. The largest absolute Gasteiger partial charge is 0.398 e. The number of hydrogen-bond acceptors (Lipinski definition) is 5. The van der Waals surface area contributed by atoms with Crippen LogP contribution in [-0.2, 0) is 9.59 Å². The van der Waals surface area contributed by atoms with Gasteiger partial charge >= 0.3 is 0 Å². The number of hydrogen-bond donors (Lipinski definition) is 4. The number of primary amides is 1. The lowest BCUT2D eigenvalue weighted by molar-refractivity contribution is -0.133. The first kappa shape index (κ1) is 13.8. The molecule has 6 N–H and O–H groups in total. The summed E-state index contributed by atoms with van der Waals surface area (Å²) in [6, 6.07) is 1.34. The zero-order valence-electron chi connectivity index (χ0n) is 10.4. The number of piperidine rings is 1. The Kier molecular flexibility index (Phi) is 3.55. The summed E-state index contributed by atoms with van der Waals surface area (Å²) in [4.78, 5) is 33.7. The average molecular weight is 280 g/mol. The minimum Gasteiger partial charge on any atom is -0.398 e. The van der Waals surface area contributed by atoms with Crippen LogP contribution in [0.25, 0.3) is 0 Å². The van der Waals surface area contributed by atoms with Crippen LogP contribution in [0.5, 0.6) is 0 Å². The van der Waals surface area contributed by atoms with Gasteiger partial charge in [-0.05, 0) is 18.6 Å². The third-order valence-corrected chi connectivity index (χ3v) is 2.97. The Labute approximate surface area is 113 Å². The maximum atomic E-state index is 13.8. The molecule has 0 radical (unpaired) electrons. The van der Waals surface area contributed by atoms with Gasteiger partial charge in [-0.25, -0.2) is 4.39 Å². The summed E-state index contributed by atoms with van der Waals surface area (Å²) in [6.45, 7) is 0. The SMILES string of the molecule is NC(=O)c1cc(NC2CCC(=O)NC2=O)c(F)cc1N. The molecule has 20 heavy (non-hydrogen) atoms. The Morgan fingerprint density at radius 3 is 2.70 bits per heavy atom. The van der Waals surface area contributed by atoms with E-state index < -0.39 is 23.7 Å². The van der Waals surface area contributed by atoms with Crippen molar-refractivity contribution in [1.82, 2.24) is 5.32 Å². The summed E-state index contributed by atoms with van der Waals surface area (Å²) in [5.41, 5.74) is 10.4. The van der Waals surface area contributed by atoms with Crippen LogP contribution in [0.2, 0.25) is 0 Å². The third kappa shape index (κ3) is 2.68. The lowest BCUT2D eigenvalue weighted by atomic mass is 10.0. The zero-order chi connectivity index (χ0) is 14.9. The van der Waals surface area contributed by atoms with Crippen LogP contribution in [0, 0.1) is 5.82 Å². The third-order valence-electron chi connectivity index (χ3n) is 2.97. The molecule has 0 aliphatic carbocycles. The van der Waals surface area contributed by atoms with Crippen LogP contribution in [0.15, 0.2) is 12.1 Å². The second kappa shape index (κ2) is 5.16. The number of nitrogens with two attached hydrogens (primary N) is 2. The number of imide groups is 1. The summed E-state index contributed by atoms with van der Waals surface area (Å²) in [5, 5.41) is 4.78. The molecule has 1 aromatic rings. The summed E-state index contributed by atoms with van der Waals surface area (Å²) < 4.78 is 13.8. The molecule has 7 nitrogen and oxygen atoms in total. The van der Waals surface area contributed by atoms with Crippen molar-refractivity contribution in [2.75, 3.05) is 11.1 Å². The Bertz CT molecular complexity index is 603. The van der Waals surface area contributed by atoms with Gasteiger partial charge in [0.05, 0.1) is 11.3 Å². The van der Waals surface area contributed by atoms with Crippen molar-refractivity contribution in [2.45, 2.75) is 18.9 Å². The quantitative estimate of drug-likeness (QED) is 0.447. The molecule has 3 amide bonds. The van der Waals surface area contributed by atoms with E-state index >= 15 is 0 Å². The lowest BCUT2D eigenvalue weighted by Gasteiger charge is -2.23. The highest BCUT2D eigenvalue weighted by molar-refractivity contribution is 6.02. The van der Waals surface area contributed by atoms with Crippen molar-refractivity contribution < 1.29 is 18.8 Å². The van der Waals surface area contributed by atoms with E-state index in [1.807, 2.05) is 0 Å². The number of halogens is 1. The molecule has 0 aromatic heterocycles. The van der Waals surface area contributed by atoms with Gasteiger partial charge in [-0.1, -0.05) is 0 Å².